The standard InChI is InChI=1S/C14H19N5O2/c1-9-14(21)18-7-3-4-10(18)8-19(9)12-6-5-11(16-17-12)13(20)15-2/h5-6,9-10H,3-4,7-8H2,1-2H3,(H,15,20)/t9-,10+/m1/s1. The topological polar surface area (TPSA) is 78.4 Å². The number of carbonyl (C=O) groups excluding carboxylic acids is 2. The van der Waals surface area contributed by atoms with Gasteiger partial charge in [-0.05, 0) is 31.9 Å². The van der Waals surface area contributed by atoms with Crippen LogP contribution in [0.25, 0.3) is 0 Å². The van der Waals surface area contributed by atoms with E-state index in [-0.39, 0.29) is 29.6 Å². The van der Waals surface area contributed by atoms with E-state index < -0.39 is 0 Å². The average Bonchev–Trinajstić information content (AvgIpc) is 2.99. The van der Waals surface area contributed by atoms with E-state index >= 15 is 0 Å². The second-order valence-corrected chi connectivity index (χ2v) is 5.51. The van der Waals surface area contributed by atoms with Crippen LogP contribution in [0.15, 0.2) is 12.1 Å². The summed E-state index contributed by atoms with van der Waals surface area (Å²) < 4.78 is 0. The molecule has 2 amide bonds. The molecular formula is C14H19N5O2. The lowest BCUT2D eigenvalue weighted by atomic mass is 10.1. The van der Waals surface area contributed by atoms with E-state index in [1.54, 1.807) is 19.2 Å². The maximum absolute atomic E-state index is 12.4. The van der Waals surface area contributed by atoms with Crippen LogP contribution in [0.3, 0.4) is 0 Å². The molecule has 1 aromatic rings. The van der Waals surface area contributed by atoms with E-state index in [0.717, 1.165) is 25.9 Å². The van der Waals surface area contributed by atoms with Crippen LogP contribution in [0.5, 0.6) is 0 Å². The van der Waals surface area contributed by atoms with E-state index in [4.69, 9.17) is 0 Å². The summed E-state index contributed by atoms with van der Waals surface area (Å²) in [6.45, 7) is 3.54. The van der Waals surface area contributed by atoms with Crippen LogP contribution in [0.2, 0.25) is 0 Å². The third kappa shape index (κ3) is 2.32. The van der Waals surface area contributed by atoms with Crippen molar-refractivity contribution in [1.82, 2.24) is 20.4 Å². The molecule has 3 heterocycles. The number of hydrogen-bond acceptors (Lipinski definition) is 5. The lowest BCUT2D eigenvalue weighted by molar-refractivity contribution is -0.134. The highest BCUT2D eigenvalue weighted by molar-refractivity contribution is 5.92. The summed E-state index contributed by atoms with van der Waals surface area (Å²) in [6, 6.07) is 3.43. The van der Waals surface area contributed by atoms with Crippen LogP contribution < -0.4 is 10.2 Å². The molecule has 2 saturated heterocycles. The number of amides is 2. The van der Waals surface area contributed by atoms with Crippen LogP contribution in [0.4, 0.5) is 5.82 Å². The van der Waals surface area contributed by atoms with Gasteiger partial charge in [-0.25, -0.2) is 0 Å². The third-order valence-electron chi connectivity index (χ3n) is 4.30. The lowest BCUT2D eigenvalue weighted by Crippen LogP contribution is -2.59. The van der Waals surface area contributed by atoms with Crippen LogP contribution in [0, 0.1) is 0 Å². The number of nitrogens with one attached hydrogen (secondary N) is 1. The van der Waals surface area contributed by atoms with E-state index in [1.165, 1.54) is 0 Å². The Morgan fingerprint density at radius 2 is 2.14 bits per heavy atom. The molecule has 7 nitrogen and oxygen atoms in total. The number of nitrogens with zero attached hydrogens (tertiary/aromatic N) is 4. The van der Waals surface area contributed by atoms with Crippen LogP contribution in [0.1, 0.15) is 30.3 Å². The molecule has 1 aromatic heterocycles. The largest absolute Gasteiger partial charge is 0.354 e. The SMILES string of the molecule is CNC(=O)c1ccc(N2C[C@@H]3CCCN3C(=O)[C@H]2C)nn1. The zero-order valence-corrected chi connectivity index (χ0v) is 12.2. The number of carbonyl (C=O) groups is 2. The quantitative estimate of drug-likeness (QED) is 0.831. The van der Waals surface area contributed by atoms with Gasteiger partial charge in [-0.3, -0.25) is 9.59 Å². The predicted molar refractivity (Wildman–Crippen MR) is 77.0 cm³/mol. The highest BCUT2D eigenvalue weighted by atomic mass is 16.2. The maximum atomic E-state index is 12.4. The van der Waals surface area contributed by atoms with E-state index in [1.807, 2.05) is 16.7 Å². The van der Waals surface area contributed by atoms with E-state index in [2.05, 4.69) is 15.5 Å². The fraction of sp³-hybridized carbons (Fsp3) is 0.571. The number of aromatic nitrogens is 2. The summed E-state index contributed by atoms with van der Waals surface area (Å²) in [6.07, 6.45) is 2.11. The van der Waals surface area contributed by atoms with Gasteiger partial charge in [-0.1, -0.05) is 0 Å². The molecule has 3 rings (SSSR count). The van der Waals surface area contributed by atoms with Gasteiger partial charge < -0.3 is 15.1 Å². The van der Waals surface area contributed by atoms with Crippen molar-refractivity contribution in [2.45, 2.75) is 31.8 Å². The highest BCUT2D eigenvalue weighted by Crippen LogP contribution is 2.28. The first-order chi connectivity index (χ1) is 10.1. The Morgan fingerprint density at radius 3 is 2.81 bits per heavy atom. The fourth-order valence-electron chi connectivity index (χ4n) is 3.09. The van der Waals surface area contributed by atoms with Crippen LogP contribution >= 0.6 is 0 Å². The minimum absolute atomic E-state index is 0.154. The number of piperazine rings is 1. The molecule has 0 aromatic carbocycles. The second-order valence-electron chi connectivity index (χ2n) is 5.51. The predicted octanol–water partition coefficient (Wildman–Crippen LogP) is 0.0357. The molecule has 112 valence electrons. The van der Waals surface area contributed by atoms with E-state index in [0.29, 0.717) is 5.82 Å². The number of anilines is 1. The van der Waals surface area contributed by atoms with Gasteiger partial charge in [0.25, 0.3) is 5.91 Å². The number of hydrogen-bond donors (Lipinski definition) is 1. The zero-order valence-electron chi connectivity index (χ0n) is 12.2. The first-order valence-electron chi connectivity index (χ1n) is 7.24. The summed E-state index contributed by atoms with van der Waals surface area (Å²) in [5.41, 5.74) is 0.278. The lowest BCUT2D eigenvalue weighted by Gasteiger charge is -2.41. The summed E-state index contributed by atoms with van der Waals surface area (Å²) >= 11 is 0. The minimum Gasteiger partial charge on any atom is -0.354 e. The van der Waals surface area contributed by atoms with E-state index in [9.17, 15) is 9.59 Å². The highest BCUT2D eigenvalue weighted by Gasteiger charge is 2.40. The summed E-state index contributed by atoms with van der Waals surface area (Å²) in [4.78, 5) is 27.8. The minimum atomic E-state index is -0.265. The van der Waals surface area contributed by atoms with Crippen molar-refractivity contribution in [2.75, 3.05) is 25.0 Å². The smallest absolute Gasteiger partial charge is 0.271 e. The second kappa shape index (κ2) is 5.31. The average molecular weight is 289 g/mol. The Labute approximate surface area is 123 Å². The number of rotatable bonds is 2. The Balaban J connectivity index is 1.82. The van der Waals surface area contributed by atoms with Crippen molar-refractivity contribution < 1.29 is 9.59 Å². The molecule has 0 unspecified atom stereocenters. The Hall–Kier alpha value is -2.18. The number of fused-ring (bicyclic) bond motifs is 1. The van der Waals surface area contributed by atoms with Gasteiger partial charge in [0.2, 0.25) is 5.91 Å². The van der Waals surface area contributed by atoms with Gasteiger partial charge in [0.1, 0.15) is 6.04 Å². The first-order valence-corrected chi connectivity index (χ1v) is 7.24. The van der Waals surface area contributed by atoms with Crippen LogP contribution in [-0.4, -0.2) is 59.1 Å². The van der Waals surface area contributed by atoms with Gasteiger partial charge in [0.15, 0.2) is 11.5 Å². The molecule has 21 heavy (non-hydrogen) atoms. The molecule has 0 aliphatic carbocycles. The van der Waals surface area contributed by atoms with Crippen molar-refractivity contribution in [2.24, 2.45) is 0 Å². The van der Waals surface area contributed by atoms with Gasteiger partial charge in [0.05, 0.1) is 0 Å². The zero-order chi connectivity index (χ0) is 15.0. The molecule has 0 spiro atoms. The summed E-state index contributed by atoms with van der Waals surface area (Å²) in [7, 11) is 1.55. The van der Waals surface area contributed by atoms with Crippen molar-refractivity contribution in [3.8, 4) is 0 Å². The molecule has 2 aliphatic rings. The van der Waals surface area contributed by atoms with Gasteiger partial charge in [-0.2, -0.15) is 0 Å². The monoisotopic (exact) mass is 289 g/mol. The molecule has 2 fully saturated rings. The molecule has 1 N–H and O–H groups in total. The Morgan fingerprint density at radius 1 is 1.33 bits per heavy atom. The van der Waals surface area contributed by atoms with Crippen molar-refractivity contribution in [3.63, 3.8) is 0 Å². The third-order valence-corrected chi connectivity index (χ3v) is 4.30. The normalized spacial score (nSPS) is 25.0. The summed E-state index contributed by atoms with van der Waals surface area (Å²) in [5.74, 6) is 0.537. The Kier molecular flexibility index (Phi) is 3.48. The van der Waals surface area contributed by atoms with Gasteiger partial charge >= 0.3 is 0 Å². The van der Waals surface area contributed by atoms with Crippen molar-refractivity contribution in [3.05, 3.63) is 17.8 Å². The fourth-order valence-corrected chi connectivity index (χ4v) is 3.09. The molecule has 7 heteroatoms. The van der Waals surface area contributed by atoms with Gasteiger partial charge in [0, 0.05) is 26.2 Å². The molecule has 2 aliphatic heterocycles. The van der Waals surface area contributed by atoms with Crippen molar-refractivity contribution >= 4 is 17.6 Å². The first kappa shape index (κ1) is 13.8. The molecule has 2 atom stereocenters. The van der Waals surface area contributed by atoms with Gasteiger partial charge in [-0.15, -0.1) is 10.2 Å². The molecule has 0 radical (unpaired) electrons. The van der Waals surface area contributed by atoms with Crippen molar-refractivity contribution in [1.29, 1.82) is 0 Å². The molecule has 0 saturated carbocycles. The Bertz CT molecular complexity index is 559. The van der Waals surface area contributed by atoms with Crippen LogP contribution in [-0.2, 0) is 4.79 Å². The maximum Gasteiger partial charge on any atom is 0.271 e. The summed E-state index contributed by atoms with van der Waals surface area (Å²) in [5, 5.41) is 10.6. The molecule has 0 bridgehead atoms. The molecular weight excluding hydrogens is 270 g/mol.